The molecule has 108 valence electrons. The van der Waals surface area contributed by atoms with E-state index in [1.807, 2.05) is 0 Å². The first-order chi connectivity index (χ1) is 9.53. The highest BCUT2D eigenvalue weighted by Crippen LogP contribution is 2.20. The number of rotatable bonds is 6. The van der Waals surface area contributed by atoms with Gasteiger partial charge in [0, 0.05) is 25.0 Å². The molecule has 2 N–H and O–H groups in total. The smallest absolute Gasteiger partial charge is 0.244 e. The number of aryl methyl sites for hydroxylation is 1. The first-order valence-electron chi connectivity index (χ1n) is 6.15. The maximum atomic E-state index is 12.2. The summed E-state index contributed by atoms with van der Waals surface area (Å²) < 4.78 is 32.4. The van der Waals surface area contributed by atoms with Crippen molar-refractivity contribution >= 4 is 10.0 Å². The predicted octanol–water partition coefficient (Wildman–Crippen LogP) is 1.18. The first-order valence-corrected chi connectivity index (χ1v) is 7.63. The van der Waals surface area contributed by atoms with Gasteiger partial charge in [-0.05, 0) is 31.7 Å². The Morgan fingerprint density at radius 2 is 1.95 bits per heavy atom. The van der Waals surface area contributed by atoms with Crippen LogP contribution in [0.4, 0.5) is 0 Å². The molecule has 0 aliphatic rings. The molecule has 0 saturated carbocycles. The molecule has 0 fully saturated rings. The van der Waals surface area contributed by atoms with Gasteiger partial charge in [-0.25, -0.2) is 13.1 Å². The van der Waals surface area contributed by atoms with Crippen molar-refractivity contribution in [2.75, 3.05) is 7.05 Å². The summed E-state index contributed by atoms with van der Waals surface area (Å²) in [5.41, 5.74) is 0.847. The van der Waals surface area contributed by atoms with Gasteiger partial charge in [0.05, 0.1) is 6.54 Å². The van der Waals surface area contributed by atoms with E-state index in [1.165, 1.54) is 0 Å². The minimum atomic E-state index is -3.58. The van der Waals surface area contributed by atoms with Crippen molar-refractivity contribution < 1.29 is 12.8 Å². The fourth-order valence-electron chi connectivity index (χ4n) is 1.81. The van der Waals surface area contributed by atoms with Gasteiger partial charge in [0.2, 0.25) is 10.0 Å². The molecule has 7 heteroatoms. The molecule has 0 spiro atoms. The SMILES string of the molecule is CNCc1cc(S(=O)(=O)NCc2ccncc2)c(C)o1. The normalized spacial score (nSPS) is 11.7. The minimum absolute atomic E-state index is 0.178. The molecule has 0 saturated heterocycles. The summed E-state index contributed by atoms with van der Waals surface area (Å²) in [7, 11) is -1.81. The third-order valence-corrected chi connectivity index (χ3v) is 4.29. The van der Waals surface area contributed by atoms with Crippen LogP contribution in [0.2, 0.25) is 0 Å². The Labute approximate surface area is 118 Å². The number of pyridine rings is 1. The quantitative estimate of drug-likeness (QED) is 0.836. The van der Waals surface area contributed by atoms with Crippen LogP contribution in [-0.2, 0) is 23.1 Å². The van der Waals surface area contributed by atoms with Gasteiger partial charge in [-0.3, -0.25) is 4.98 Å². The molecule has 0 atom stereocenters. The van der Waals surface area contributed by atoms with Crippen LogP contribution in [0.5, 0.6) is 0 Å². The zero-order valence-corrected chi connectivity index (χ0v) is 12.2. The van der Waals surface area contributed by atoms with E-state index in [4.69, 9.17) is 4.42 Å². The second kappa shape index (κ2) is 6.17. The number of aromatic nitrogens is 1. The van der Waals surface area contributed by atoms with Crippen LogP contribution in [0.1, 0.15) is 17.1 Å². The molecule has 2 rings (SSSR count). The van der Waals surface area contributed by atoms with E-state index < -0.39 is 10.0 Å². The Hall–Kier alpha value is -1.70. The van der Waals surface area contributed by atoms with Crippen molar-refractivity contribution in [3.05, 3.63) is 47.7 Å². The minimum Gasteiger partial charge on any atom is -0.464 e. The number of furan rings is 1. The van der Waals surface area contributed by atoms with Crippen LogP contribution >= 0.6 is 0 Å². The molecule has 0 amide bonds. The summed E-state index contributed by atoms with van der Waals surface area (Å²) in [4.78, 5) is 4.06. The Balaban J connectivity index is 2.14. The summed E-state index contributed by atoms with van der Waals surface area (Å²) in [6, 6.07) is 5.06. The van der Waals surface area contributed by atoms with Crippen LogP contribution in [0, 0.1) is 6.92 Å². The van der Waals surface area contributed by atoms with E-state index in [0.29, 0.717) is 18.1 Å². The topological polar surface area (TPSA) is 84.2 Å². The maximum Gasteiger partial charge on any atom is 0.244 e. The number of nitrogens with zero attached hydrogens (tertiary/aromatic N) is 1. The second-order valence-electron chi connectivity index (χ2n) is 4.34. The van der Waals surface area contributed by atoms with Crippen molar-refractivity contribution in [1.29, 1.82) is 0 Å². The van der Waals surface area contributed by atoms with Crippen molar-refractivity contribution in [3.63, 3.8) is 0 Å². The van der Waals surface area contributed by atoms with Crippen molar-refractivity contribution in [2.24, 2.45) is 0 Å². The second-order valence-corrected chi connectivity index (χ2v) is 6.08. The van der Waals surface area contributed by atoms with Crippen LogP contribution in [-0.4, -0.2) is 20.4 Å². The van der Waals surface area contributed by atoms with Gasteiger partial charge in [0.1, 0.15) is 16.4 Å². The first kappa shape index (κ1) is 14.7. The number of nitrogens with one attached hydrogen (secondary N) is 2. The summed E-state index contributed by atoms with van der Waals surface area (Å²) in [5.74, 6) is 0.978. The highest BCUT2D eigenvalue weighted by Gasteiger charge is 2.20. The third-order valence-electron chi connectivity index (χ3n) is 2.78. The Bertz CT molecular complexity index is 665. The monoisotopic (exact) mass is 295 g/mol. The van der Waals surface area contributed by atoms with Gasteiger partial charge in [0.15, 0.2) is 0 Å². The van der Waals surface area contributed by atoms with Gasteiger partial charge in [-0.15, -0.1) is 0 Å². The average molecular weight is 295 g/mol. The molecule has 0 aliphatic heterocycles. The largest absolute Gasteiger partial charge is 0.464 e. The maximum absolute atomic E-state index is 12.2. The van der Waals surface area contributed by atoms with Gasteiger partial charge in [0.25, 0.3) is 0 Å². The van der Waals surface area contributed by atoms with E-state index in [2.05, 4.69) is 15.0 Å². The van der Waals surface area contributed by atoms with Crippen LogP contribution in [0.25, 0.3) is 0 Å². The summed E-state index contributed by atoms with van der Waals surface area (Å²) >= 11 is 0. The molecule has 0 unspecified atom stereocenters. The Morgan fingerprint density at radius 3 is 2.60 bits per heavy atom. The number of hydrogen-bond acceptors (Lipinski definition) is 5. The zero-order chi connectivity index (χ0) is 14.6. The molecular formula is C13H17N3O3S. The lowest BCUT2D eigenvalue weighted by Crippen LogP contribution is -2.23. The van der Waals surface area contributed by atoms with Crippen molar-refractivity contribution in [1.82, 2.24) is 15.0 Å². The zero-order valence-electron chi connectivity index (χ0n) is 11.4. The lowest BCUT2D eigenvalue weighted by Gasteiger charge is -2.05. The summed E-state index contributed by atoms with van der Waals surface area (Å²) in [6.07, 6.45) is 3.25. The standard InChI is InChI=1S/C13H17N3O3S/c1-10-13(7-12(19-10)9-14-2)20(17,18)16-8-11-3-5-15-6-4-11/h3-7,14,16H,8-9H2,1-2H3. The van der Waals surface area contributed by atoms with E-state index in [1.54, 1.807) is 44.6 Å². The molecule has 0 bridgehead atoms. The van der Waals surface area contributed by atoms with Gasteiger partial charge in [-0.2, -0.15) is 0 Å². The molecular weight excluding hydrogens is 278 g/mol. The highest BCUT2D eigenvalue weighted by molar-refractivity contribution is 7.89. The molecule has 2 heterocycles. The van der Waals surface area contributed by atoms with Gasteiger partial charge >= 0.3 is 0 Å². The molecule has 0 aliphatic carbocycles. The Kier molecular flexibility index (Phi) is 4.53. The lowest BCUT2D eigenvalue weighted by atomic mass is 10.3. The number of hydrogen-bond donors (Lipinski definition) is 2. The molecule has 6 nitrogen and oxygen atoms in total. The Morgan fingerprint density at radius 1 is 1.25 bits per heavy atom. The van der Waals surface area contributed by atoms with Crippen molar-refractivity contribution in [2.45, 2.75) is 24.9 Å². The fraction of sp³-hybridized carbons (Fsp3) is 0.308. The van der Waals surface area contributed by atoms with E-state index in [0.717, 1.165) is 5.56 Å². The molecule has 2 aromatic rings. The fourth-order valence-corrected chi connectivity index (χ4v) is 3.03. The van der Waals surface area contributed by atoms with E-state index >= 15 is 0 Å². The van der Waals surface area contributed by atoms with Gasteiger partial charge in [-0.1, -0.05) is 0 Å². The summed E-state index contributed by atoms with van der Waals surface area (Å²) in [5, 5.41) is 2.92. The number of sulfonamides is 1. The molecule has 0 aromatic carbocycles. The highest BCUT2D eigenvalue weighted by atomic mass is 32.2. The lowest BCUT2D eigenvalue weighted by molar-refractivity contribution is 0.465. The van der Waals surface area contributed by atoms with E-state index in [9.17, 15) is 8.42 Å². The third kappa shape index (κ3) is 3.44. The van der Waals surface area contributed by atoms with Crippen LogP contribution < -0.4 is 10.0 Å². The van der Waals surface area contributed by atoms with E-state index in [-0.39, 0.29) is 11.4 Å². The predicted molar refractivity (Wildman–Crippen MR) is 74.5 cm³/mol. The average Bonchev–Trinajstić information content (AvgIpc) is 2.80. The molecule has 20 heavy (non-hydrogen) atoms. The molecule has 2 aromatic heterocycles. The van der Waals surface area contributed by atoms with Gasteiger partial charge < -0.3 is 9.73 Å². The van der Waals surface area contributed by atoms with Crippen molar-refractivity contribution in [3.8, 4) is 0 Å². The molecule has 0 radical (unpaired) electrons. The van der Waals surface area contributed by atoms with Crippen LogP contribution in [0.3, 0.4) is 0 Å². The van der Waals surface area contributed by atoms with Crippen LogP contribution in [0.15, 0.2) is 39.9 Å². The summed E-state index contributed by atoms with van der Waals surface area (Å²) in [6.45, 7) is 2.34.